The molecule has 1 unspecified atom stereocenters. The predicted molar refractivity (Wildman–Crippen MR) is 78.5 cm³/mol. The van der Waals surface area contributed by atoms with Crippen LogP contribution in [0.3, 0.4) is 0 Å². The second-order valence-corrected chi connectivity index (χ2v) is 8.32. The van der Waals surface area contributed by atoms with Crippen LogP contribution in [0, 0.1) is 17.8 Å². The number of piperidine rings is 1. The zero-order chi connectivity index (χ0) is 13.7. The van der Waals surface area contributed by atoms with E-state index in [2.05, 4.69) is 17.0 Å². The van der Waals surface area contributed by atoms with Crippen molar-refractivity contribution in [2.24, 2.45) is 17.8 Å². The van der Waals surface area contributed by atoms with E-state index in [9.17, 15) is 8.42 Å². The van der Waals surface area contributed by atoms with E-state index in [1.807, 2.05) is 0 Å². The summed E-state index contributed by atoms with van der Waals surface area (Å²) in [4.78, 5) is 0. The fourth-order valence-corrected chi connectivity index (χ4v) is 4.73. The summed E-state index contributed by atoms with van der Waals surface area (Å²) in [6.07, 6.45) is 6.98. The predicted octanol–water partition coefficient (Wildman–Crippen LogP) is 1.73. The Kier molecular flexibility index (Phi) is 5.66. The molecular weight excluding hydrogens is 260 g/mol. The van der Waals surface area contributed by atoms with Gasteiger partial charge in [0.25, 0.3) is 0 Å². The largest absolute Gasteiger partial charge is 0.316 e. The smallest absolute Gasteiger partial charge is 0.211 e. The van der Waals surface area contributed by atoms with Crippen LogP contribution in [0.4, 0.5) is 0 Å². The number of hydrogen-bond donors (Lipinski definition) is 2. The molecule has 112 valence electrons. The Labute approximate surface area is 117 Å². The maximum Gasteiger partial charge on any atom is 0.211 e. The second kappa shape index (κ2) is 7.04. The van der Waals surface area contributed by atoms with Crippen LogP contribution >= 0.6 is 0 Å². The van der Waals surface area contributed by atoms with Crippen molar-refractivity contribution in [3.63, 3.8) is 0 Å². The third-order valence-corrected chi connectivity index (χ3v) is 6.10. The summed E-state index contributed by atoms with van der Waals surface area (Å²) in [5.74, 6) is 1.96. The Balaban J connectivity index is 1.71. The summed E-state index contributed by atoms with van der Waals surface area (Å²) < 4.78 is 27.0. The van der Waals surface area contributed by atoms with E-state index in [1.165, 1.54) is 25.7 Å². The van der Waals surface area contributed by atoms with E-state index in [0.29, 0.717) is 18.2 Å². The first-order chi connectivity index (χ1) is 9.05. The van der Waals surface area contributed by atoms with Crippen LogP contribution < -0.4 is 10.0 Å². The maximum absolute atomic E-state index is 12.1. The maximum atomic E-state index is 12.1. The van der Waals surface area contributed by atoms with E-state index in [4.69, 9.17) is 0 Å². The molecule has 0 radical (unpaired) electrons. The molecule has 1 heterocycles. The summed E-state index contributed by atoms with van der Waals surface area (Å²) in [7, 11) is -3.08. The van der Waals surface area contributed by atoms with Gasteiger partial charge in [-0.3, -0.25) is 0 Å². The van der Waals surface area contributed by atoms with Gasteiger partial charge in [0.05, 0.1) is 5.75 Å². The molecule has 0 aromatic rings. The van der Waals surface area contributed by atoms with Crippen LogP contribution in [0.1, 0.15) is 45.4 Å². The van der Waals surface area contributed by atoms with Gasteiger partial charge < -0.3 is 5.32 Å². The highest BCUT2D eigenvalue weighted by Gasteiger charge is 2.23. The average Bonchev–Trinajstić information content (AvgIpc) is 2.39. The Morgan fingerprint density at radius 1 is 1.11 bits per heavy atom. The van der Waals surface area contributed by atoms with Gasteiger partial charge in [-0.2, -0.15) is 0 Å². The van der Waals surface area contributed by atoms with Gasteiger partial charge in [-0.05, 0) is 56.5 Å². The van der Waals surface area contributed by atoms with Gasteiger partial charge in [0, 0.05) is 6.54 Å². The van der Waals surface area contributed by atoms with E-state index < -0.39 is 10.0 Å². The van der Waals surface area contributed by atoms with Gasteiger partial charge in [0.1, 0.15) is 0 Å². The Morgan fingerprint density at radius 2 is 1.84 bits per heavy atom. The number of sulfonamides is 1. The number of rotatable bonds is 5. The van der Waals surface area contributed by atoms with Crippen LogP contribution in [0.15, 0.2) is 0 Å². The lowest BCUT2D eigenvalue weighted by Gasteiger charge is -2.27. The molecule has 2 aliphatic rings. The summed E-state index contributed by atoms with van der Waals surface area (Å²) in [6, 6.07) is 0. The van der Waals surface area contributed by atoms with Crippen LogP contribution in [0.2, 0.25) is 0 Å². The fourth-order valence-electron chi connectivity index (χ4n) is 3.21. The third kappa shape index (κ3) is 5.40. The van der Waals surface area contributed by atoms with Crippen molar-refractivity contribution in [2.45, 2.75) is 45.4 Å². The van der Waals surface area contributed by atoms with Gasteiger partial charge in [-0.1, -0.05) is 19.8 Å². The topological polar surface area (TPSA) is 58.2 Å². The highest BCUT2D eigenvalue weighted by Crippen LogP contribution is 2.27. The molecule has 5 heteroatoms. The van der Waals surface area contributed by atoms with Crippen molar-refractivity contribution in [3.8, 4) is 0 Å². The standard InChI is InChI=1S/C14H28N2O2S/c1-12-4-6-13(7-5-12)10-16-19(17,18)11-14-3-2-8-15-9-14/h12-16H,2-11H2,1H3. The summed E-state index contributed by atoms with van der Waals surface area (Å²) in [6.45, 7) is 4.82. The minimum Gasteiger partial charge on any atom is -0.316 e. The minimum atomic E-state index is -3.08. The second-order valence-electron chi connectivity index (χ2n) is 6.47. The molecule has 0 aromatic heterocycles. The van der Waals surface area contributed by atoms with Gasteiger partial charge in [-0.25, -0.2) is 13.1 Å². The lowest BCUT2D eigenvalue weighted by Crippen LogP contribution is -2.39. The lowest BCUT2D eigenvalue weighted by atomic mass is 9.83. The Bertz CT molecular complexity index is 356. The van der Waals surface area contributed by atoms with Gasteiger partial charge in [0.15, 0.2) is 0 Å². The summed E-state index contributed by atoms with van der Waals surface area (Å²) in [5.41, 5.74) is 0. The summed E-state index contributed by atoms with van der Waals surface area (Å²) >= 11 is 0. The van der Waals surface area contributed by atoms with E-state index in [-0.39, 0.29) is 5.92 Å². The van der Waals surface area contributed by atoms with Crippen molar-refractivity contribution in [1.29, 1.82) is 0 Å². The number of nitrogens with one attached hydrogen (secondary N) is 2. The summed E-state index contributed by atoms with van der Waals surface area (Å²) in [5, 5.41) is 3.28. The monoisotopic (exact) mass is 288 g/mol. The quantitative estimate of drug-likeness (QED) is 0.810. The first kappa shape index (κ1) is 15.3. The van der Waals surface area contributed by atoms with Crippen molar-refractivity contribution < 1.29 is 8.42 Å². The van der Waals surface area contributed by atoms with Crippen molar-refractivity contribution in [2.75, 3.05) is 25.4 Å². The average molecular weight is 288 g/mol. The molecule has 0 bridgehead atoms. The molecule has 1 aliphatic heterocycles. The van der Waals surface area contributed by atoms with Crippen molar-refractivity contribution >= 4 is 10.0 Å². The zero-order valence-corrected chi connectivity index (χ0v) is 12.8. The van der Waals surface area contributed by atoms with Gasteiger partial charge in [0.2, 0.25) is 10.0 Å². The molecule has 2 N–H and O–H groups in total. The Hall–Kier alpha value is -0.130. The van der Waals surface area contributed by atoms with E-state index >= 15 is 0 Å². The van der Waals surface area contributed by atoms with Crippen LogP contribution in [-0.2, 0) is 10.0 Å². The molecule has 2 fully saturated rings. The third-order valence-electron chi connectivity index (χ3n) is 4.58. The Morgan fingerprint density at radius 3 is 2.47 bits per heavy atom. The van der Waals surface area contributed by atoms with Crippen molar-refractivity contribution in [3.05, 3.63) is 0 Å². The highest BCUT2D eigenvalue weighted by atomic mass is 32.2. The molecule has 19 heavy (non-hydrogen) atoms. The first-order valence-corrected chi connectivity index (χ1v) is 9.38. The molecule has 2 rings (SSSR count). The molecular formula is C14H28N2O2S. The molecule has 1 saturated heterocycles. The highest BCUT2D eigenvalue weighted by molar-refractivity contribution is 7.89. The van der Waals surface area contributed by atoms with Crippen LogP contribution in [0.5, 0.6) is 0 Å². The minimum absolute atomic E-state index is 0.289. The van der Waals surface area contributed by atoms with Crippen LogP contribution in [0.25, 0.3) is 0 Å². The molecule has 0 amide bonds. The fraction of sp³-hybridized carbons (Fsp3) is 1.00. The molecule has 1 aliphatic carbocycles. The molecule has 1 atom stereocenters. The lowest BCUT2D eigenvalue weighted by molar-refractivity contribution is 0.290. The van der Waals surface area contributed by atoms with Gasteiger partial charge >= 0.3 is 0 Å². The molecule has 1 saturated carbocycles. The van der Waals surface area contributed by atoms with E-state index in [0.717, 1.165) is 31.8 Å². The first-order valence-electron chi connectivity index (χ1n) is 7.73. The van der Waals surface area contributed by atoms with E-state index in [1.54, 1.807) is 0 Å². The zero-order valence-electron chi connectivity index (χ0n) is 12.0. The SMILES string of the molecule is CC1CCC(CNS(=O)(=O)CC2CCCNC2)CC1. The van der Waals surface area contributed by atoms with Gasteiger partial charge in [-0.15, -0.1) is 0 Å². The molecule has 0 aromatic carbocycles. The number of hydrogen-bond acceptors (Lipinski definition) is 3. The van der Waals surface area contributed by atoms with Crippen LogP contribution in [-0.4, -0.2) is 33.8 Å². The normalized spacial score (nSPS) is 33.2. The van der Waals surface area contributed by atoms with Crippen molar-refractivity contribution in [1.82, 2.24) is 10.0 Å². The molecule has 4 nitrogen and oxygen atoms in total. The molecule has 0 spiro atoms.